The van der Waals surface area contributed by atoms with Gasteiger partial charge < -0.3 is 10.1 Å². The molecule has 1 atom stereocenters. The Kier molecular flexibility index (Phi) is 3.83. The number of ether oxygens (including phenoxy) is 1. The van der Waals surface area contributed by atoms with Gasteiger partial charge in [0.15, 0.2) is 5.82 Å². The average Bonchev–Trinajstić information content (AvgIpc) is 2.72. The Morgan fingerprint density at radius 1 is 1.56 bits per heavy atom. The highest BCUT2D eigenvalue weighted by Crippen LogP contribution is 2.30. The van der Waals surface area contributed by atoms with Crippen LogP contribution in [0.25, 0.3) is 0 Å². The number of nitrogens with zero attached hydrogens (tertiary/aromatic N) is 1. The van der Waals surface area contributed by atoms with Crippen LogP contribution in [0.2, 0.25) is 0 Å². The molecule has 4 heteroatoms. The molecule has 90 valence electrons. The van der Waals surface area contributed by atoms with Gasteiger partial charge in [-0.15, -0.1) is 0 Å². The lowest BCUT2D eigenvalue weighted by atomic mass is 9.86. The Hall–Kier alpha value is -1.03. The van der Waals surface area contributed by atoms with Gasteiger partial charge in [0.25, 0.3) is 0 Å². The summed E-state index contributed by atoms with van der Waals surface area (Å²) in [6.07, 6.45) is 4.87. The van der Waals surface area contributed by atoms with Crippen molar-refractivity contribution in [3.63, 3.8) is 0 Å². The number of rotatable bonds is 5. The first-order chi connectivity index (χ1) is 7.85. The first-order valence-electron chi connectivity index (χ1n) is 6.14. The van der Waals surface area contributed by atoms with E-state index in [0.717, 1.165) is 37.7 Å². The number of nitrogens with one attached hydrogen (secondary N) is 2. The van der Waals surface area contributed by atoms with Crippen LogP contribution in [0.15, 0.2) is 0 Å². The smallest absolute Gasteiger partial charge is 0.151 e. The van der Waals surface area contributed by atoms with Crippen LogP contribution in [0.1, 0.15) is 31.0 Å². The average molecular weight is 223 g/mol. The molecule has 1 unspecified atom stereocenters. The van der Waals surface area contributed by atoms with Gasteiger partial charge >= 0.3 is 0 Å². The van der Waals surface area contributed by atoms with Gasteiger partial charge in [-0.05, 0) is 25.2 Å². The van der Waals surface area contributed by atoms with Gasteiger partial charge in [-0.25, -0.2) is 0 Å². The Balaban J connectivity index is 2.01. The third-order valence-corrected chi connectivity index (χ3v) is 3.42. The number of hydrogen-bond donors (Lipinski definition) is 2. The summed E-state index contributed by atoms with van der Waals surface area (Å²) in [5, 5.41) is 10.8. The summed E-state index contributed by atoms with van der Waals surface area (Å²) < 4.78 is 5.03. The van der Waals surface area contributed by atoms with Crippen LogP contribution in [0.5, 0.6) is 0 Å². The van der Waals surface area contributed by atoms with Gasteiger partial charge in [-0.3, -0.25) is 5.10 Å². The van der Waals surface area contributed by atoms with Crippen molar-refractivity contribution in [2.75, 3.05) is 25.6 Å². The summed E-state index contributed by atoms with van der Waals surface area (Å²) in [4.78, 5) is 0. The second-order valence-electron chi connectivity index (χ2n) is 4.47. The zero-order valence-electron chi connectivity index (χ0n) is 10.2. The van der Waals surface area contributed by atoms with E-state index in [0.29, 0.717) is 0 Å². The monoisotopic (exact) mass is 223 g/mol. The summed E-state index contributed by atoms with van der Waals surface area (Å²) in [5.74, 6) is 1.86. The minimum absolute atomic E-state index is 0.721. The Morgan fingerprint density at radius 3 is 3.19 bits per heavy atom. The topological polar surface area (TPSA) is 49.9 Å². The van der Waals surface area contributed by atoms with E-state index in [1.54, 1.807) is 7.11 Å². The van der Waals surface area contributed by atoms with Crippen molar-refractivity contribution in [1.82, 2.24) is 10.2 Å². The van der Waals surface area contributed by atoms with Crippen molar-refractivity contribution in [1.29, 1.82) is 0 Å². The molecule has 0 bridgehead atoms. The molecular formula is C12H21N3O. The van der Waals surface area contributed by atoms with Crippen molar-refractivity contribution >= 4 is 5.82 Å². The van der Waals surface area contributed by atoms with Gasteiger partial charge in [0, 0.05) is 24.9 Å². The highest BCUT2D eigenvalue weighted by Gasteiger charge is 2.22. The molecule has 0 saturated heterocycles. The maximum absolute atomic E-state index is 5.03. The number of hydrogen-bond acceptors (Lipinski definition) is 3. The van der Waals surface area contributed by atoms with Crippen molar-refractivity contribution < 1.29 is 4.74 Å². The summed E-state index contributed by atoms with van der Waals surface area (Å²) in [6, 6.07) is 0. The minimum atomic E-state index is 0.721. The summed E-state index contributed by atoms with van der Waals surface area (Å²) >= 11 is 0. The summed E-state index contributed by atoms with van der Waals surface area (Å²) in [6.45, 7) is 3.82. The van der Waals surface area contributed by atoms with Crippen molar-refractivity contribution in [2.24, 2.45) is 5.92 Å². The molecule has 4 nitrogen and oxygen atoms in total. The molecule has 2 N–H and O–H groups in total. The number of fused-ring (bicyclic) bond motifs is 1. The number of aromatic nitrogens is 2. The fourth-order valence-electron chi connectivity index (χ4n) is 2.33. The second kappa shape index (κ2) is 5.34. The molecule has 1 aromatic heterocycles. The lowest BCUT2D eigenvalue weighted by molar-refractivity contribution is 0.210. The normalized spacial score (nSPS) is 19.5. The molecule has 1 aromatic rings. The van der Waals surface area contributed by atoms with Crippen LogP contribution < -0.4 is 5.32 Å². The van der Waals surface area contributed by atoms with Crippen LogP contribution in [0, 0.1) is 5.92 Å². The zero-order chi connectivity index (χ0) is 11.4. The molecular weight excluding hydrogens is 202 g/mol. The first kappa shape index (κ1) is 11.5. The lowest BCUT2D eigenvalue weighted by Crippen LogP contribution is -2.15. The molecule has 0 spiro atoms. The standard InChI is InChI=1S/C12H21N3O/c1-3-9-4-5-11-10(8-9)12(15-14-11)13-6-7-16-2/h9H,3-8H2,1-2H3,(H2,13,14,15). The molecule has 0 aliphatic heterocycles. The van der Waals surface area contributed by atoms with Gasteiger partial charge in [0.05, 0.1) is 6.61 Å². The molecule has 2 rings (SSSR count). The van der Waals surface area contributed by atoms with E-state index in [1.165, 1.54) is 24.1 Å². The van der Waals surface area contributed by atoms with Crippen molar-refractivity contribution in [2.45, 2.75) is 32.6 Å². The van der Waals surface area contributed by atoms with Gasteiger partial charge in [-0.1, -0.05) is 13.3 Å². The highest BCUT2D eigenvalue weighted by atomic mass is 16.5. The van der Waals surface area contributed by atoms with E-state index in [9.17, 15) is 0 Å². The number of aromatic amines is 1. The summed E-state index contributed by atoms with van der Waals surface area (Å²) in [7, 11) is 1.72. The maximum Gasteiger partial charge on any atom is 0.151 e. The number of H-pyrrole nitrogens is 1. The molecule has 0 saturated carbocycles. The SMILES string of the molecule is CCC1CCc2[nH]nc(NCCOC)c2C1. The van der Waals surface area contributed by atoms with Crippen LogP contribution >= 0.6 is 0 Å². The van der Waals surface area contributed by atoms with Crippen LogP contribution in [-0.4, -0.2) is 30.5 Å². The van der Waals surface area contributed by atoms with Crippen LogP contribution in [0.3, 0.4) is 0 Å². The molecule has 0 amide bonds. The maximum atomic E-state index is 5.03. The largest absolute Gasteiger partial charge is 0.383 e. The fourth-order valence-corrected chi connectivity index (χ4v) is 2.33. The summed E-state index contributed by atoms with van der Waals surface area (Å²) in [5.41, 5.74) is 2.72. The quantitative estimate of drug-likeness (QED) is 0.750. The van der Waals surface area contributed by atoms with Crippen LogP contribution in [0.4, 0.5) is 5.82 Å². The van der Waals surface area contributed by atoms with Crippen molar-refractivity contribution in [3.05, 3.63) is 11.3 Å². The molecule has 1 aliphatic rings. The van der Waals surface area contributed by atoms with Crippen LogP contribution in [-0.2, 0) is 17.6 Å². The Labute approximate surface area is 96.8 Å². The van der Waals surface area contributed by atoms with E-state index < -0.39 is 0 Å². The minimum Gasteiger partial charge on any atom is -0.383 e. The Morgan fingerprint density at radius 2 is 2.44 bits per heavy atom. The predicted octanol–water partition coefficient (Wildman–Crippen LogP) is 1.98. The van der Waals surface area contributed by atoms with Gasteiger partial charge in [-0.2, -0.15) is 5.10 Å². The highest BCUT2D eigenvalue weighted by molar-refractivity contribution is 5.47. The fraction of sp³-hybridized carbons (Fsp3) is 0.750. The van der Waals surface area contributed by atoms with Gasteiger partial charge in [0.2, 0.25) is 0 Å². The zero-order valence-corrected chi connectivity index (χ0v) is 10.2. The molecule has 16 heavy (non-hydrogen) atoms. The lowest BCUT2D eigenvalue weighted by Gasteiger charge is -2.20. The van der Waals surface area contributed by atoms with Gasteiger partial charge in [0.1, 0.15) is 0 Å². The number of anilines is 1. The number of aryl methyl sites for hydroxylation is 1. The molecule has 1 aliphatic carbocycles. The van der Waals surface area contributed by atoms with E-state index in [1.807, 2.05) is 0 Å². The van der Waals surface area contributed by atoms with E-state index in [-0.39, 0.29) is 0 Å². The first-order valence-corrected chi connectivity index (χ1v) is 6.14. The predicted molar refractivity (Wildman–Crippen MR) is 64.8 cm³/mol. The Bertz CT molecular complexity index is 335. The molecule has 0 radical (unpaired) electrons. The number of methoxy groups -OCH3 is 1. The third kappa shape index (κ3) is 2.38. The van der Waals surface area contributed by atoms with E-state index in [2.05, 4.69) is 22.4 Å². The molecule has 0 aromatic carbocycles. The van der Waals surface area contributed by atoms with E-state index in [4.69, 9.17) is 4.74 Å². The molecule has 1 heterocycles. The second-order valence-corrected chi connectivity index (χ2v) is 4.47. The van der Waals surface area contributed by atoms with E-state index >= 15 is 0 Å². The van der Waals surface area contributed by atoms with Crippen molar-refractivity contribution in [3.8, 4) is 0 Å². The third-order valence-electron chi connectivity index (χ3n) is 3.42. The molecule has 0 fully saturated rings.